The third-order valence-corrected chi connectivity index (χ3v) is 10.6. The van der Waals surface area contributed by atoms with Crippen LogP contribution in [0, 0.1) is 6.92 Å². The lowest BCUT2D eigenvalue weighted by atomic mass is 10.0. The largest absolute Gasteiger partial charge is 0.495 e. The molecule has 4 aromatic rings. The van der Waals surface area contributed by atoms with Gasteiger partial charge in [0.15, 0.2) is 0 Å². The maximum atomic E-state index is 14.7. The van der Waals surface area contributed by atoms with Crippen molar-refractivity contribution in [2.75, 3.05) is 18.0 Å². The zero-order chi connectivity index (χ0) is 35.0. The van der Waals surface area contributed by atoms with Crippen LogP contribution < -0.4 is 14.4 Å². The average molecular weight is 731 g/mol. The molecule has 1 N–H and O–H groups in total. The number of anilines is 1. The molecule has 0 aromatic heterocycles. The molecule has 12 heteroatoms. The van der Waals surface area contributed by atoms with Gasteiger partial charge in [0, 0.05) is 29.1 Å². The van der Waals surface area contributed by atoms with E-state index < -0.39 is 28.5 Å². The molecular weight excluding hydrogens is 693 g/mol. The van der Waals surface area contributed by atoms with Gasteiger partial charge in [-0.25, -0.2) is 8.42 Å². The van der Waals surface area contributed by atoms with Gasteiger partial charge >= 0.3 is 0 Å². The fourth-order valence-corrected chi connectivity index (χ4v) is 7.13. The zero-order valence-corrected chi connectivity index (χ0v) is 30.2. The Morgan fingerprint density at radius 2 is 1.58 bits per heavy atom. The van der Waals surface area contributed by atoms with Gasteiger partial charge in [0.2, 0.25) is 11.8 Å². The summed E-state index contributed by atoms with van der Waals surface area (Å²) in [7, 11) is -2.86. The van der Waals surface area contributed by atoms with Gasteiger partial charge in [-0.1, -0.05) is 95.8 Å². The lowest BCUT2D eigenvalue weighted by molar-refractivity contribution is -0.140. The van der Waals surface area contributed by atoms with Crippen LogP contribution in [0.15, 0.2) is 95.9 Å². The van der Waals surface area contributed by atoms with Crippen LogP contribution in [0.5, 0.6) is 5.75 Å². The number of carbonyl (C=O) groups excluding carboxylic acids is 2. The number of ether oxygens (including phenoxy) is 1. The number of nitrogens with one attached hydrogen (secondary N) is 1. The molecule has 0 bridgehead atoms. The van der Waals surface area contributed by atoms with Crippen molar-refractivity contribution in [1.29, 1.82) is 0 Å². The molecule has 48 heavy (non-hydrogen) atoms. The molecule has 0 radical (unpaired) electrons. The van der Waals surface area contributed by atoms with Gasteiger partial charge in [0.05, 0.1) is 22.7 Å². The molecule has 0 aliphatic heterocycles. The van der Waals surface area contributed by atoms with E-state index >= 15 is 0 Å². The van der Waals surface area contributed by atoms with Gasteiger partial charge in [-0.3, -0.25) is 13.9 Å². The molecule has 4 rings (SSSR count). The van der Waals surface area contributed by atoms with Crippen LogP contribution in [0.4, 0.5) is 5.69 Å². The van der Waals surface area contributed by atoms with Gasteiger partial charge in [0.25, 0.3) is 10.0 Å². The summed E-state index contributed by atoms with van der Waals surface area (Å²) in [5, 5.41) is 3.87. The van der Waals surface area contributed by atoms with Crippen molar-refractivity contribution in [3.05, 3.63) is 123 Å². The lowest BCUT2D eigenvalue weighted by Gasteiger charge is -2.34. The molecule has 0 aliphatic rings. The van der Waals surface area contributed by atoms with Gasteiger partial charge in [-0.2, -0.15) is 0 Å². The quantitative estimate of drug-likeness (QED) is 0.143. The van der Waals surface area contributed by atoms with E-state index in [0.29, 0.717) is 27.8 Å². The summed E-state index contributed by atoms with van der Waals surface area (Å²) in [5.74, 6) is -0.681. The zero-order valence-electron chi connectivity index (χ0n) is 27.1. The molecule has 0 fully saturated rings. The summed E-state index contributed by atoms with van der Waals surface area (Å²) >= 11 is 19.2. The van der Waals surface area contributed by atoms with E-state index in [1.54, 1.807) is 30.3 Å². The average Bonchev–Trinajstić information content (AvgIpc) is 3.06. The highest BCUT2D eigenvalue weighted by Crippen LogP contribution is 2.33. The molecular formula is C36H38Cl3N3O5S. The van der Waals surface area contributed by atoms with E-state index in [0.717, 1.165) is 15.4 Å². The summed E-state index contributed by atoms with van der Waals surface area (Å²) < 4.78 is 34.8. The minimum atomic E-state index is -4.31. The molecule has 8 nitrogen and oxygen atoms in total. The van der Waals surface area contributed by atoms with E-state index in [4.69, 9.17) is 39.5 Å². The van der Waals surface area contributed by atoms with Gasteiger partial charge < -0.3 is 15.0 Å². The van der Waals surface area contributed by atoms with Crippen molar-refractivity contribution in [2.24, 2.45) is 0 Å². The highest BCUT2D eigenvalue weighted by Gasteiger charge is 2.35. The summed E-state index contributed by atoms with van der Waals surface area (Å²) in [6.07, 6.45) is 0.834. The number of hydrogen-bond donors (Lipinski definition) is 1. The molecule has 0 saturated heterocycles. The van der Waals surface area contributed by atoms with E-state index in [1.165, 1.54) is 42.3 Å². The second kappa shape index (κ2) is 16.6. The van der Waals surface area contributed by atoms with E-state index in [1.807, 2.05) is 51.1 Å². The number of methoxy groups -OCH3 is 1. The third-order valence-electron chi connectivity index (χ3n) is 7.94. The highest BCUT2D eigenvalue weighted by atomic mass is 35.5. The number of carbonyl (C=O) groups is 2. The fourth-order valence-electron chi connectivity index (χ4n) is 5.01. The second-order valence-corrected chi connectivity index (χ2v) is 14.5. The van der Waals surface area contributed by atoms with E-state index in [9.17, 15) is 18.0 Å². The fraction of sp³-hybridized carbons (Fsp3) is 0.278. The van der Waals surface area contributed by atoms with Crippen molar-refractivity contribution in [1.82, 2.24) is 10.2 Å². The normalized spacial score (nSPS) is 12.6. The van der Waals surface area contributed by atoms with Gasteiger partial charge in [0.1, 0.15) is 18.3 Å². The topological polar surface area (TPSA) is 96.0 Å². The van der Waals surface area contributed by atoms with Crippen LogP contribution in [0.3, 0.4) is 0 Å². The lowest BCUT2D eigenvalue weighted by Crippen LogP contribution is -2.54. The first kappa shape index (κ1) is 37.1. The summed E-state index contributed by atoms with van der Waals surface area (Å²) in [4.78, 5) is 30.0. The van der Waals surface area contributed by atoms with Crippen molar-refractivity contribution >= 4 is 62.3 Å². The number of sulfonamides is 1. The number of rotatable bonds is 14. The Labute approximate surface area is 297 Å². The first-order valence-corrected chi connectivity index (χ1v) is 17.9. The first-order valence-electron chi connectivity index (χ1n) is 15.3. The second-order valence-electron chi connectivity index (χ2n) is 11.4. The molecule has 254 valence electrons. The van der Waals surface area contributed by atoms with Crippen LogP contribution in [-0.4, -0.2) is 50.9 Å². The molecule has 4 aromatic carbocycles. The minimum Gasteiger partial charge on any atom is -0.495 e. The molecule has 0 saturated carbocycles. The standard InChI is InChI=1S/C36H38Cl3N3O5S/c1-5-25(3)40-36(44)33(19-26-9-7-6-8-10-26)41(22-27-13-14-28(37)20-31(27)38)35(43)23-42(29-15-18-34(47-4)32(39)21-29)48(45,46)30-16-11-24(2)12-17-30/h6-18,20-21,25,33H,5,19,22-23H2,1-4H3,(H,40,44)/t25-,33+/m1/s1. The Morgan fingerprint density at radius 3 is 2.19 bits per heavy atom. The van der Waals surface area contributed by atoms with Crippen molar-refractivity contribution in [2.45, 2.75) is 57.1 Å². The summed E-state index contributed by atoms with van der Waals surface area (Å²) in [5.41, 5.74) is 2.35. The number of hydrogen-bond acceptors (Lipinski definition) is 5. The number of nitrogens with zero attached hydrogens (tertiary/aromatic N) is 2. The van der Waals surface area contributed by atoms with E-state index in [-0.39, 0.29) is 40.5 Å². The Bertz CT molecular complexity index is 1840. The number of aryl methyl sites for hydroxylation is 1. The molecule has 0 aliphatic carbocycles. The van der Waals surface area contributed by atoms with Crippen molar-refractivity contribution in [3.63, 3.8) is 0 Å². The van der Waals surface area contributed by atoms with Crippen molar-refractivity contribution < 1.29 is 22.7 Å². The van der Waals surface area contributed by atoms with Crippen LogP contribution in [0.1, 0.15) is 37.0 Å². The molecule has 2 atom stereocenters. The molecule has 0 heterocycles. The van der Waals surface area contributed by atoms with Crippen molar-refractivity contribution in [3.8, 4) is 5.75 Å². The Hall–Kier alpha value is -3.76. The summed E-state index contributed by atoms with van der Waals surface area (Å²) in [6, 6.07) is 23.8. The molecule has 0 unspecified atom stereocenters. The van der Waals surface area contributed by atoms with Crippen LogP contribution in [-0.2, 0) is 32.6 Å². The molecule has 0 spiro atoms. The smallest absolute Gasteiger partial charge is 0.264 e. The number of halogens is 3. The van der Waals surface area contributed by atoms with Crippen LogP contribution >= 0.6 is 34.8 Å². The Balaban J connectivity index is 1.85. The number of amides is 2. The van der Waals surface area contributed by atoms with Crippen LogP contribution in [0.25, 0.3) is 0 Å². The maximum Gasteiger partial charge on any atom is 0.264 e. The minimum absolute atomic E-state index is 0.0181. The predicted octanol–water partition coefficient (Wildman–Crippen LogP) is 7.71. The van der Waals surface area contributed by atoms with Crippen LogP contribution in [0.2, 0.25) is 15.1 Å². The SMILES string of the molecule is CC[C@@H](C)NC(=O)[C@H](Cc1ccccc1)N(Cc1ccc(Cl)cc1Cl)C(=O)CN(c1ccc(OC)c(Cl)c1)S(=O)(=O)c1ccc(C)cc1. The van der Waals surface area contributed by atoms with Gasteiger partial charge in [-0.05, 0) is 73.9 Å². The Morgan fingerprint density at radius 1 is 0.896 bits per heavy atom. The predicted molar refractivity (Wildman–Crippen MR) is 193 cm³/mol. The summed E-state index contributed by atoms with van der Waals surface area (Å²) in [6.45, 7) is 4.93. The van der Waals surface area contributed by atoms with Gasteiger partial charge in [-0.15, -0.1) is 0 Å². The number of benzene rings is 4. The first-order chi connectivity index (χ1) is 22.8. The molecule has 2 amide bonds. The highest BCUT2D eigenvalue weighted by molar-refractivity contribution is 7.92. The monoisotopic (exact) mass is 729 g/mol. The van der Waals surface area contributed by atoms with E-state index in [2.05, 4.69) is 5.32 Å². The maximum absolute atomic E-state index is 14.7. The Kier molecular flexibility index (Phi) is 12.8. The third kappa shape index (κ3) is 9.23.